The van der Waals surface area contributed by atoms with Crippen molar-refractivity contribution < 1.29 is 9.53 Å². The summed E-state index contributed by atoms with van der Waals surface area (Å²) in [6.45, 7) is 4.76. The lowest BCUT2D eigenvalue weighted by Crippen LogP contribution is -2.28. The minimum Gasteiger partial charge on any atom is -0.494 e. The molecular formula is C17H24ClN3O2S. The Bertz CT molecular complexity index is 671. The summed E-state index contributed by atoms with van der Waals surface area (Å²) < 4.78 is 6.53. The third-order valence-electron chi connectivity index (χ3n) is 4.16. The molecule has 0 spiro atoms. The number of rotatable bonds is 6. The van der Waals surface area contributed by atoms with Gasteiger partial charge in [-0.2, -0.15) is 0 Å². The molecule has 5 nitrogen and oxygen atoms in total. The van der Waals surface area contributed by atoms with Crippen LogP contribution in [0.2, 0.25) is 0 Å². The van der Waals surface area contributed by atoms with Gasteiger partial charge in [0.1, 0.15) is 5.75 Å². The summed E-state index contributed by atoms with van der Waals surface area (Å²) in [5.41, 5.74) is 0.895. The van der Waals surface area contributed by atoms with Crippen LogP contribution in [0.25, 0.3) is 10.2 Å². The number of hydrogen-bond acceptors (Lipinski definition) is 5. The highest BCUT2D eigenvalue weighted by Crippen LogP contribution is 2.29. The smallest absolute Gasteiger partial charge is 0.226 e. The highest BCUT2D eigenvalue weighted by atomic mass is 35.5. The lowest BCUT2D eigenvalue weighted by molar-refractivity contribution is -0.116. The van der Waals surface area contributed by atoms with Crippen molar-refractivity contribution in [3.8, 4) is 5.75 Å². The lowest BCUT2D eigenvalue weighted by atomic mass is 9.93. The number of thiazole rings is 1. The van der Waals surface area contributed by atoms with Gasteiger partial charge in [-0.3, -0.25) is 4.79 Å². The van der Waals surface area contributed by atoms with Crippen LogP contribution in [0, 0.1) is 5.92 Å². The van der Waals surface area contributed by atoms with Crippen molar-refractivity contribution in [3.63, 3.8) is 0 Å². The molecule has 0 bridgehead atoms. The monoisotopic (exact) mass is 369 g/mol. The Hall–Kier alpha value is -1.37. The van der Waals surface area contributed by atoms with Gasteiger partial charge in [0.15, 0.2) is 5.13 Å². The van der Waals surface area contributed by atoms with Crippen LogP contribution in [-0.4, -0.2) is 30.6 Å². The maximum atomic E-state index is 12.1. The number of fused-ring (bicyclic) bond motifs is 1. The van der Waals surface area contributed by atoms with Crippen LogP contribution in [0.15, 0.2) is 18.2 Å². The van der Waals surface area contributed by atoms with E-state index in [0.29, 0.717) is 24.1 Å². The molecule has 2 N–H and O–H groups in total. The lowest BCUT2D eigenvalue weighted by Gasteiger charge is -2.21. The number of amides is 1. The van der Waals surface area contributed by atoms with E-state index in [-0.39, 0.29) is 18.3 Å². The molecule has 1 amide bonds. The Morgan fingerprint density at radius 1 is 1.42 bits per heavy atom. The Balaban J connectivity index is 0.00000208. The molecule has 0 unspecified atom stereocenters. The molecule has 1 aliphatic rings. The fourth-order valence-electron chi connectivity index (χ4n) is 2.90. The molecule has 1 aromatic carbocycles. The summed E-state index contributed by atoms with van der Waals surface area (Å²) in [5, 5.41) is 6.96. The zero-order chi connectivity index (χ0) is 16.1. The maximum Gasteiger partial charge on any atom is 0.226 e. The minimum absolute atomic E-state index is 0. The van der Waals surface area contributed by atoms with Crippen molar-refractivity contribution in [3.05, 3.63) is 18.2 Å². The van der Waals surface area contributed by atoms with Gasteiger partial charge in [0, 0.05) is 6.42 Å². The van der Waals surface area contributed by atoms with Crippen molar-refractivity contribution in [1.29, 1.82) is 0 Å². The van der Waals surface area contributed by atoms with Crippen LogP contribution < -0.4 is 15.4 Å². The summed E-state index contributed by atoms with van der Waals surface area (Å²) in [4.78, 5) is 16.6. The zero-order valence-electron chi connectivity index (χ0n) is 13.8. The largest absolute Gasteiger partial charge is 0.494 e. The Kier molecular flexibility index (Phi) is 7.27. The number of nitrogens with zero attached hydrogens (tertiary/aromatic N) is 1. The van der Waals surface area contributed by atoms with E-state index in [9.17, 15) is 4.79 Å². The summed E-state index contributed by atoms with van der Waals surface area (Å²) in [5.74, 6) is 1.58. The molecule has 1 fully saturated rings. The van der Waals surface area contributed by atoms with Crippen molar-refractivity contribution in [1.82, 2.24) is 10.3 Å². The molecule has 2 aromatic rings. The number of ether oxygens (including phenoxy) is 1. The second-order valence-corrected chi connectivity index (χ2v) is 6.89. The van der Waals surface area contributed by atoms with Crippen LogP contribution in [0.4, 0.5) is 5.13 Å². The van der Waals surface area contributed by atoms with Gasteiger partial charge in [-0.05, 0) is 63.4 Å². The first kappa shape index (κ1) is 19.0. The van der Waals surface area contributed by atoms with Gasteiger partial charge in [0.25, 0.3) is 0 Å². The molecule has 3 rings (SSSR count). The number of benzene rings is 1. The number of piperidine rings is 1. The highest BCUT2D eigenvalue weighted by molar-refractivity contribution is 7.22. The van der Waals surface area contributed by atoms with Gasteiger partial charge < -0.3 is 15.4 Å². The van der Waals surface area contributed by atoms with E-state index >= 15 is 0 Å². The van der Waals surface area contributed by atoms with E-state index in [1.165, 1.54) is 24.2 Å². The number of carbonyl (C=O) groups is 1. The summed E-state index contributed by atoms with van der Waals surface area (Å²) in [7, 11) is 0. The summed E-state index contributed by atoms with van der Waals surface area (Å²) in [6, 6.07) is 5.82. The highest BCUT2D eigenvalue weighted by Gasteiger charge is 2.15. The normalized spacial score (nSPS) is 15.0. The first-order valence-electron chi connectivity index (χ1n) is 8.28. The molecule has 0 radical (unpaired) electrons. The van der Waals surface area contributed by atoms with Crippen LogP contribution in [0.5, 0.6) is 5.75 Å². The van der Waals surface area contributed by atoms with Gasteiger partial charge in [-0.1, -0.05) is 11.3 Å². The molecule has 1 aromatic heterocycles. The first-order chi connectivity index (χ1) is 11.2. The molecule has 1 saturated heterocycles. The standard InChI is InChI=1S/C17H23N3O2S.ClH/c1-2-22-13-4-5-14-15(11-13)23-17(19-14)20-16(21)6-3-12-7-9-18-10-8-12;/h4-5,11-12,18H,2-3,6-10H2,1H3,(H,19,20,21);1H. The molecule has 24 heavy (non-hydrogen) atoms. The number of aromatic nitrogens is 1. The zero-order valence-corrected chi connectivity index (χ0v) is 15.5. The topological polar surface area (TPSA) is 63.2 Å². The first-order valence-corrected chi connectivity index (χ1v) is 9.10. The molecule has 0 atom stereocenters. The number of nitrogens with one attached hydrogen (secondary N) is 2. The predicted molar refractivity (Wildman–Crippen MR) is 101 cm³/mol. The van der Waals surface area contributed by atoms with Gasteiger partial charge in [0.2, 0.25) is 5.91 Å². The Morgan fingerprint density at radius 2 is 2.21 bits per heavy atom. The van der Waals surface area contributed by atoms with E-state index in [1.807, 2.05) is 25.1 Å². The van der Waals surface area contributed by atoms with E-state index in [4.69, 9.17) is 4.74 Å². The van der Waals surface area contributed by atoms with Crippen molar-refractivity contribution in [2.24, 2.45) is 5.92 Å². The van der Waals surface area contributed by atoms with Gasteiger partial charge in [0.05, 0.1) is 16.8 Å². The van der Waals surface area contributed by atoms with Crippen molar-refractivity contribution in [2.45, 2.75) is 32.6 Å². The van der Waals surface area contributed by atoms with E-state index in [2.05, 4.69) is 15.6 Å². The number of halogens is 1. The van der Waals surface area contributed by atoms with Crippen molar-refractivity contribution in [2.75, 3.05) is 25.0 Å². The fourth-order valence-corrected chi connectivity index (χ4v) is 3.81. The van der Waals surface area contributed by atoms with Crippen LogP contribution in [0.3, 0.4) is 0 Å². The molecule has 0 aliphatic carbocycles. The average molecular weight is 370 g/mol. The average Bonchev–Trinajstić information content (AvgIpc) is 2.95. The predicted octanol–water partition coefficient (Wildman–Crippen LogP) is 3.84. The molecule has 7 heteroatoms. The Morgan fingerprint density at radius 3 is 2.96 bits per heavy atom. The molecule has 2 heterocycles. The van der Waals surface area contributed by atoms with Crippen molar-refractivity contribution >= 4 is 45.0 Å². The number of hydrogen-bond donors (Lipinski definition) is 2. The second kappa shape index (κ2) is 9.20. The number of carbonyl (C=O) groups excluding carboxylic acids is 1. The third kappa shape index (κ3) is 5.06. The Labute approximate surface area is 152 Å². The summed E-state index contributed by atoms with van der Waals surface area (Å²) >= 11 is 1.49. The second-order valence-electron chi connectivity index (χ2n) is 5.86. The van der Waals surface area contributed by atoms with Crippen LogP contribution in [0.1, 0.15) is 32.6 Å². The van der Waals surface area contributed by atoms with E-state index < -0.39 is 0 Å². The van der Waals surface area contributed by atoms with Gasteiger partial charge in [-0.25, -0.2) is 4.98 Å². The molecule has 132 valence electrons. The third-order valence-corrected chi connectivity index (χ3v) is 5.09. The molecular weight excluding hydrogens is 346 g/mol. The fraction of sp³-hybridized carbons (Fsp3) is 0.529. The minimum atomic E-state index is 0. The van der Waals surface area contributed by atoms with Crippen LogP contribution >= 0.6 is 23.7 Å². The van der Waals surface area contributed by atoms with Crippen LogP contribution in [-0.2, 0) is 4.79 Å². The van der Waals surface area contributed by atoms with Gasteiger partial charge >= 0.3 is 0 Å². The molecule has 0 saturated carbocycles. The molecule has 1 aliphatic heterocycles. The van der Waals surface area contributed by atoms with E-state index in [1.54, 1.807) is 0 Å². The van der Waals surface area contributed by atoms with E-state index in [0.717, 1.165) is 35.5 Å². The quantitative estimate of drug-likeness (QED) is 0.812. The SMILES string of the molecule is CCOc1ccc2nc(NC(=O)CCC3CCNCC3)sc2c1.Cl. The number of anilines is 1. The summed E-state index contributed by atoms with van der Waals surface area (Å²) in [6.07, 6.45) is 3.89. The maximum absolute atomic E-state index is 12.1. The van der Waals surface area contributed by atoms with Gasteiger partial charge in [-0.15, -0.1) is 12.4 Å².